The van der Waals surface area contributed by atoms with Crippen LogP contribution in [-0.2, 0) is 0 Å². The van der Waals surface area contributed by atoms with Crippen LogP contribution >= 0.6 is 0 Å². The first-order valence-electron chi connectivity index (χ1n) is 17.7. The Kier molecular flexibility index (Phi) is 16.3. The molecule has 0 bridgehead atoms. The van der Waals surface area contributed by atoms with E-state index in [2.05, 4.69) is 141 Å². The van der Waals surface area contributed by atoms with Crippen LogP contribution in [0.4, 0.5) is 26.3 Å². The average Bonchev–Trinajstić information content (AvgIpc) is 2.98. The van der Waals surface area contributed by atoms with E-state index in [4.69, 9.17) is 6.43 Å². The zero-order chi connectivity index (χ0) is 42.6. The molecule has 0 saturated carbocycles. The first kappa shape index (κ1) is 49.5. The van der Waals surface area contributed by atoms with E-state index in [0.717, 1.165) is 22.8 Å². The molecule has 310 valence electrons. The number of alkyl halides is 6. The van der Waals surface area contributed by atoms with E-state index >= 15 is 0 Å². The zero-order valence-corrected chi connectivity index (χ0v) is 42.7. The van der Waals surface area contributed by atoms with E-state index in [-0.39, 0.29) is 24.3 Å². The van der Waals surface area contributed by atoms with E-state index in [0.29, 0.717) is 11.4 Å². The number of halogens is 6. The molecule has 55 heavy (non-hydrogen) atoms. The predicted molar refractivity (Wildman–Crippen MR) is 219 cm³/mol. The van der Waals surface area contributed by atoms with Crippen LogP contribution in [0, 0.1) is 10.8 Å². The van der Waals surface area contributed by atoms with Crippen molar-refractivity contribution in [2.75, 3.05) is 28.2 Å². The number of hydrogen-bond acceptors (Lipinski definition) is 12. The van der Waals surface area contributed by atoms with Gasteiger partial charge in [-0.25, -0.2) is 0 Å². The molecule has 12 nitrogen and oxygen atoms in total. The SMILES string of the molecule is CC1=CC(C)=[N][Ge]2([N]=C(C(F)(F)F)C=C(C(F)(F)F)[NH]2)[NH]1.CC1=CC(C)=[N][Sn]2([N]=C(C)C=C(C)[NH]2)[NH]1.CN[C](NC)([Sn][C](NC)(NC)C(C)(C)C)C(C)(C)C. The van der Waals surface area contributed by atoms with Gasteiger partial charge in [0.25, 0.3) is 0 Å². The molecule has 1 unspecified atom stereocenters. The number of allylic oxidation sites excluding steroid dienone is 8. The Bertz CT molecular complexity index is 1590. The van der Waals surface area contributed by atoms with Crippen molar-refractivity contribution in [2.45, 2.75) is 103 Å². The Balaban J connectivity index is 0.000000289. The summed E-state index contributed by atoms with van der Waals surface area (Å²) >= 11 is -8.60. The Labute approximate surface area is 341 Å². The fraction of sp³-hybridized carbons (Fsp3) is 0.647. The zero-order valence-electron chi connectivity index (χ0n) is 34.9. The van der Waals surface area contributed by atoms with Crippen LogP contribution in [0.1, 0.15) is 83.1 Å². The first-order chi connectivity index (χ1) is 24.9. The Hall–Kier alpha value is -1.60. The molecule has 0 aliphatic carbocycles. The van der Waals surface area contributed by atoms with Crippen LogP contribution in [0.25, 0.3) is 0 Å². The van der Waals surface area contributed by atoms with E-state index < -0.39 is 78.5 Å². The van der Waals surface area contributed by atoms with Gasteiger partial charge in [0.05, 0.1) is 0 Å². The molecule has 2 spiro atoms. The van der Waals surface area contributed by atoms with Gasteiger partial charge in [0.2, 0.25) is 0 Å². The van der Waals surface area contributed by atoms with E-state index in [9.17, 15) is 26.3 Å². The standard InChI is InChI=1S/C10H10F6GeN4.2C7H17N2.2C5H8N2.2Sn/c1-5-3-6(2)19-17(18-5)20-7(9(11,12)13)4-8(21-17)10(14,15)16;2*1-7(2,3)6(8-4)9-5;2*1-4(6)3-5(2)7;;/h3-4,18,20H,1-2H3;2*8-9H,1-5H3;2*3,6H,1-2H3;;/q;;;2*-2;;+4. The fourth-order valence-corrected chi connectivity index (χ4v) is 25.1. The molecule has 4 rings (SSSR count). The average molecular weight is 1060 g/mol. The van der Waals surface area contributed by atoms with Crippen molar-refractivity contribution in [3.8, 4) is 0 Å². The van der Waals surface area contributed by atoms with Gasteiger partial charge in [-0.15, -0.1) is 0 Å². The first-order valence-corrected chi connectivity index (χ1v) is 30.0. The summed E-state index contributed by atoms with van der Waals surface area (Å²) < 4.78 is 105. The van der Waals surface area contributed by atoms with Gasteiger partial charge in [0, 0.05) is 0 Å². The molecule has 0 aromatic rings. The molecule has 21 heteroatoms. The van der Waals surface area contributed by atoms with Gasteiger partial charge in [-0.2, -0.15) is 0 Å². The summed E-state index contributed by atoms with van der Waals surface area (Å²) in [5.74, 6) is 0. The van der Waals surface area contributed by atoms with E-state index in [1.807, 2.05) is 13.8 Å². The van der Waals surface area contributed by atoms with Crippen molar-refractivity contribution in [1.29, 1.82) is 0 Å². The normalized spacial score (nSPS) is 21.5. The number of rotatable bonds is 6. The van der Waals surface area contributed by atoms with Gasteiger partial charge >= 0.3 is 344 Å². The number of nitrogens with zero attached hydrogens (tertiary/aromatic N) is 4. The Morgan fingerprint density at radius 1 is 0.564 bits per heavy atom. The second-order valence-corrected chi connectivity index (χ2v) is 32.1. The molecule has 8 N–H and O–H groups in total. The molecule has 4 aliphatic heterocycles. The summed E-state index contributed by atoms with van der Waals surface area (Å²) in [6, 6.07) is 0. The summed E-state index contributed by atoms with van der Waals surface area (Å²) in [4.78, 5) is 0. The Morgan fingerprint density at radius 3 is 1.27 bits per heavy atom. The second-order valence-electron chi connectivity index (χ2n) is 15.8. The van der Waals surface area contributed by atoms with Crippen LogP contribution in [0.15, 0.2) is 61.4 Å². The fourth-order valence-electron chi connectivity index (χ4n) is 6.59. The molecule has 1 atom stereocenters. The summed E-state index contributed by atoms with van der Waals surface area (Å²) in [6.45, 7) is 25.0. The minimum absolute atomic E-state index is 0.00958. The van der Waals surface area contributed by atoms with Gasteiger partial charge in [0.1, 0.15) is 0 Å². The third-order valence-electron chi connectivity index (χ3n) is 9.00. The quantitative estimate of drug-likeness (QED) is 0.108. The summed E-state index contributed by atoms with van der Waals surface area (Å²) in [7, 11) is 8.28. The molecule has 0 aromatic heterocycles. The maximum absolute atomic E-state index is 12.8. The molecule has 0 amide bonds. The number of nitrogens with one attached hydrogen (secondary N) is 8. The van der Waals surface area contributed by atoms with Crippen molar-refractivity contribution >= 4 is 77.6 Å². The van der Waals surface area contributed by atoms with Gasteiger partial charge < -0.3 is 0 Å². The van der Waals surface area contributed by atoms with Crippen LogP contribution in [0.5, 0.6) is 0 Å². The van der Waals surface area contributed by atoms with Gasteiger partial charge in [-0.3, -0.25) is 0 Å². The van der Waals surface area contributed by atoms with Crippen molar-refractivity contribution in [3.05, 3.63) is 47.1 Å². The monoisotopic (exact) mass is 1060 g/mol. The molecular weight excluding hydrogens is 1000 g/mol. The van der Waals surface area contributed by atoms with Crippen LogP contribution in [-0.4, -0.2) is 126 Å². The van der Waals surface area contributed by atoms with E-state index in [1.165, 1.54) is 19.9 Å². The van der Waals surface area contributed by atoms with Crippen LogP contribution in [0.3, 0.4) is 0 Å². The van der Waals surface area contributed by atoms with E-state index in [1.54, 1.807) is 0 Å². The van der Waals surface area contributed by atoms with Gasteiger partial charge in [-0.1, -0.05) is 0 Å². The van der Waals surface area contributed by atoms with Crippen molar-refractivity contribution in [2.24, 2.45) is 25.2 Å². The number of hydrogen-bond donors (Lipinski definition) is 8. The molecular formula is C34H60F6GeN12Sn2. The third kappa shape index (κ3) is 12.7. The third-order valence-corrected chi connectivity index (χ3v) is 31.8. The van der Waals surface area contributed by atoms with Gasteiger partial charge in [0.15, 0.2) is 0 Å². The molecule has 0 saturated heterocycles. The summed E-state index contributed by atoms with van der Waals surface area (Å²) in [5.41, 5.74) is 2.47. The van der Waals surface area contributed by atoms with Crippen molar-refractivity contribution < 1.29 is 26.3 Å². The van der Waals surface area contributed by atoms with Gasteiger partial charge in [-0.05, 0) is 0 Å². The Morgan fingerprint density at radius 2 is 0.964 bits per heavy atom. The topological polar surface area (TPSA) is 146 Å². The molecule has 0 fully saturated rings. The summed E-state index contributed by atoms with van der Waals surface area (Å²) in [6.07, 6.45) is -4.31. The molecule has 0 aromatic carbocycles. The minimum atomic E-state index is -4.98. The maximum atomic E-state index is 12.8. The summed E-state index contributed by atoms with van der Waals surface area (Å²) in [5, 5.41) is 14.3. The predicted octanol–water partition coefficient (Wildman–Crippen LogP) is 4.77. The second kappa shape index (κ2) is 18.1. The molecule has 4 heterocycles. The molecule has 4 aliphatic rings. The molecule has 2 radical (unpaired) electrons. The van der Waals surface area contributed by atoms with Crippen molar-refractivity contribution in [1.82, 2.24) is 36.9 Å². The van der Waals surface area contributed by atoms with Crippen molar-refractivity contribution in [3.63, 3.8) is 0 Å². The van der Waals surface area contributed by atoms with Crippen LogP contribution in [0.2, 0.25) is 0 Å². The van der Waals surface area contributed by atoms with Crippen LogP contribution < -0.4 is 36.9 Å².